The van der Waals surface area contributed by atoms with Crippen molar-refractivity contribution in [1.29, 1.82) is 0 Å². The summed E-state index contributed by atoms with van der Waals surface area (Å²) < 4.78 is 2.11. The number of aromatic nitrogens is 2. The summed E-state index contributed by atoms with van der Waals surface area (Å²) >= 11 is 0. The minimum Gasteiger partial charge on any atom is -0.319 e. The van der Waals surface area contributed by atoms with Crippen LogP contribution in [0.25, 0.3) is 10.4 Å². The van der Waals surface area contributed by atoms with E-state index in [0.29, 0.717) is 0 Å². The molecule has 136 valence electrons. The van der Waals surface area contributed by atoms with E-state index in [9.17, 15) is 0 Å². The number of benzene rings is 3. The van der Waals surface area contributed by atoms with Crippen LogP contribution in [0.5, 0.6) is 0 Å². The Morgan fingerprint density at radius 1 is 0.786 bits per heavy atom. The summed E-state index contributed by atoms with van der Waals surface area (Å²) in [6, 6.07) is 31.1. The van der Waals surface area contributed by atoms with E-state index in [1.807, 2.05) is 67.1 Å². The molecule has 0 amide bonds. The first kappa shape index (κ1) is 17.6. The predicted octanol–water partition coefficient (Wildman–Crippen LogP) is 5.53. The molecular formula is C23H19N5. The third kappa shape index (κ3) is 3.04. The van der Waals surface area contributed by atoms with Crippen LogP contribution >= 0.6 is 0 Å². The Morgan fingerprint density at radius 2 is 1.25 bits per heavy atom. The minimum absolute atomic E-state index is 0.220. The monoisotopic (exact) mass is 365 g/mol. The number of imidazole rings is 1. The molecule has 0 N–H and O–H groups in total. The van der Waals surface area contributed by atoms with Gasteiger partial charge < -0.3 is 4.57 Å². The highest BCUT2D eigenvalue weighted by Gasteiger charge is 2.38. The Balaban J connectivity index is 2.04. The molecule has 0 atom stereocenters. The summed E-state index contributed by atoms with van der Waals surface area (Å²) in [6.45, 7) is 0.220. The van der Waals surface area contributed by atoms with Crippen molar-refractivity contribution in [2.75, 3.05) is 0 Å². The Bertz CT molecular complexity index is 985. The van der Waals surface area contributed by atoms with E-state index in [1.165, 1.54) is 0 Å². The SMILES string of the molecule is [N-]=[N+]=NCc1cn(C(c2ccccc2)(c2ccccc2)c2ccccc2)cn1. The first-order chi connectivity index (χ1) is 13.9. The number of hydrogen-bond donors (Lipinski definition) is 0. The van der Waals surface area contributed by atoms with Gasteiger partial charge in [0, 0.05) is 11.1 Å². The lowest BCUT2D eigenvalue weighted by molar-refractivity contribution is 0.514. The van der Waals surface area contributed by atoms with Crippen LogP contribution in [0.3, 0.4) is 0 Å². The summed E-state index contributed by atoms with van der Waals surface area (Å²) in [5.74, 6) is 0. The van der Waals surface area contributed by atoms with Gasteiger partial charge in [-0.2, -0.15) is 0 Å². The molecule has 0 spiro atoms. The zero-order valence-electron chi connectivity index (χ0n) is 15.3. The lowest BCUT2D eigenvalue weighted by Crippen LogP contribution is -2.36. The second kappa shape index (κ2) is 7.82. The zero-order valence-corrected chi connectivity index (χ0v) is 15.3. The minimum atomic E-state index is -0.592. The molecule has 1 aromatic heterocycles. The molecule has 5 heteroatoms. The number of rotatable bonds is 6. The quantitative estimate of drug-likeness (QED) is 0.192. The van der Waals surface area contributed by atoms with Gasteiger partial charge in [0.1, 0.15) is 5.54 Å². The number of azide groups is 1. The first-order valence-corrected chi connectivity index (χ1v) is 9.06. The second-order valence-corrected chi connectivity index (χ2v) is 6.47. The molecule has 4 rings (SSSR count). The summed E-state index contributed by atoms with van der Waals surface area (Å²) in [6.07, 6.45) is 3.77. The van der Waals surface area contributed by atoms with Crippen LogP contribution in [0, 0.1) is 0 Å². The van der Waals surface area contributed by atoms with Gasteiger partial charge in [-0.05, 0) is 22.2 Å². The van der Waals surface area contributed by atoms with Crippen molar-refractivity contribution in [3.05, 3.63) is 136 Å². The zero-order chi connectivity index (χ0) is 19.2. The topological polar surface area (TPSA) is 66.6 Å². The molecule has 4 aromatic rings. The van der Waals surface area contributed by atoms with Crippen LogP contribution in [-0.2, 0) is 12.1 Å². The maximum atomic E-state index is 8.65. The van der Waals surface area contributed by atoms with E-state index in [2.05, 4.69) is 56.0 Å². The molecule has 0 saturated heterocycles. The summed E-state index contributed by atoms with van der Waals surface area (Å²) in [7, 11) is 0. The van der Waals surface area contributed by atoms with Crippen LogP contribution in [-0.4, -0.2) is 9.55 Å². The van der Waals surface area contributed by atoms with Crippen molar-refractivity contribution < 1.29 is 0 Å². The fraction of sp³-hybridized carbons (Fsp3) is 0.0870. The molecule has 5 nitrogen and oxygen atoms in total. The predicted molar refractivity (Wildman–Crippen MR) is 110 cm³/mol. The summed E-state index contributed by atoms with van der Waals surface area (Å²) in [4.78, 5) is 7.35. The molecule has 28 heavy (non-hydrogen) atoms. The van der Waals surface area contributed by atoms with Gasteiger partial charge in [-0.3, -0.25) is 0 Å². The van der Waals surface area contributed by atoms with Crippen molar-refractivity contribution in [3.63, 3.8) is 0 Å². The second-order valence-electron chi connectivity index (χ2n) is 6.47. The molecule has 0 fully saturated rings. The molecule has 0 saturated carbocycles. The third-order valence-electron chi connectivity index (χ3n) is 4.89. The fourth-order valence-corrected chi connectivity index (χ4v) is 3.72. The molecular weight excluding hydrogens is 346 g/mol. The van der Waals surface area contributed by atoms with Gasteiger partial charge in [0.15, 0.2) is 0 Å². The Hall–Kier alpha value is -3.82. The lowest BCUT2D eigenvalue weighted by atomic mass is 9.77. The highest BCUT2D eigenvalue weighted by molar-refractivity contribution is 5.50. The van der Waals surface area contributed by atoms with E-state index in [1.54, 1.807) is 0 Å². The van der Waals surface area contributed by atoms with Crippen LogP contribution < -0.4 is 0 Å². The molecule has 0 aliphatic heterocycles. The molecule has 0 radical (unpaired) electrons. The van der Waals surface area contributed by atoms with Crippen LogP contribution in [0.15, 0.2) is 109 Å². The highest BCUT2D eigenvalue weighted by Crippen LogP contribution is 2.40. The number of hydrogen-bond acceptors (Lipinski definition) is 2. The largest absolute Gasteiger partial charge is 0.319 e. The van der Waals surface area contributed by atoms with E-state index >= 15 is 0 Å². The third-order valence-corrected chi connectivity index (χ3v) is 4.89. The first-order valence-electron chi connectivity index (χ1n) is 9.06. The van der Waals surface area contributed by atoms with Gasteiger partial charge >= 0.3 is 0 Å². The van der Waals surface area contributed by atoms with Crippen molar-refractivity contribution >= 4 is 0 Å². The number of nitrogens with zero attached hydrogens (tertiary/aromatic N) is 5. The van der Waals surface area contributed by atoms with Gasteiger partial charge in [-0.25, -0.2) is 4.98 Å². The smallest absolute Gasteiger partial charge is 0.121 e. The van der Waals surface area contributed by atoms with Gasteiger partial charge in [-0.1, -0.05) is 96.1 Å². The average molecular weight is 365 g/mol. The maximum Gasteiger partial charge on any atom is 0.121 e. The van der Waals surface area contributed by atoms with E-state index in [-0.39, 0.29) is 6.54 Å². The average Bonchev–Trinajstić information content (AvgIpc) is 3.24. The normalized spacial score (nSPS) is 11.0. The highest BCUT2D eigenvalue weighted by atomic mass is 15.2. The van der Waals surface area contributed by atoms with Crippen LogP contribution in [0.2, 0.25) is 0 Å². The van der Waals surface area contributed by atoms with Gasteiger partial charge in [0.2, 0.25) is 0 Å². The van der Waals surface area contributed by atoms with E-state index in [4.69, 9.17) is 5.53 Å². The van der Waals surface area contributed by atoms with E-state index in [0.717, 1.165) is 22.4 Å². The maximum absolute atomic E-state index is 8.65. The van der Waals surface area contributed by atoms with Crippen LogP contribution in [0.4, 0.5) is 0 Å². The van der Waals surface area contributed by atoms with Crippen molar-refractivity contribution in [1.82, 2.24) is 9.55 Å². The molecule has 0 aliphatic carbocycles. The fourth-order valence-electron chi connectivity index (χ4n) is 3.72. The van der Waals surface area contributed by atoms with Gasteiger partial charge in [-0.15, -0.1) is 0 Å². The Morgan fingerprint density at radius 3 is 1.68 bits per heavy atom. The van der Waals surface area contributed by atoms with Crippen molar-refractivity contribution in [2.24, 2.45) is 5.11 Å². The summed E-state index contributed by atoms with van der Waals surface area (Å²) in [5.41, 5.74) is 12.2. The summed E-state index contributed by atoms with van der Waals surface area (Å²) in [5, 5.41) is 3.66. The molecule has 0 bridgehead atoms. The Labute approximate surface area is 163 Å². The van der Waals surface area contributed by atoms with Crippen LogP contribution in [0.1, 0.15) is 22.4 Å². The molecule has 3 aromatic carbocycles. The standard InChI is InChI=1S/C23H19N5/c24-27-26-16-22-17-28(18-25-22)23(19-10-4-1-5-11-19,20-12-6-2-7-13-20)21-14-8-3-9-15-21/h1-15,17-18H,16H2. The molecule has 1 heterocycles. The van der Waals surface area contributed by atoms with Crippen molar-refractivity contribution in [3.8, 4) is 0 Å². The molecule has 0 unspecified atom stereocenters. The lowest BCUT2D eigenvalue weighted by Gasteiger charge is -2.37. The van der Waals surface area contributed by atoms with Crippen molar-refractivity contribution in [2.45, 2.75) is 12.1 Å². The molecule has 0 aliphatic rings. The Kier molecular flexibility index (Phi) is 4.91. The van der Waals surface area contributed by atoms with E-state index < -0.39 is 5.54 Å². The van der Waals surface area contributed by atoms with Gasteiger partial charge in [0.05, 0.1) is 18.6 Å². The van der Waals surface area contributed by atoms with Gasteiger partial charge in [0.25, 0.3) is 0 Å².